The van der Waals surface area contributed by atoms with Gasteiger partial charge in [-0.05, 0) is 26.3 Å². The molecule has 0 heterocycles. The van der Waals surface area contributed by atoms with E-state index in [4.69, 9.17) is 0 Å². The molecule has 0 aliphatic heterocycles. The molecule has 0 amide bonds. The third-order valence-corrected chi connectivity index (χ3v) is 2.04. The molecule has 4 heteroatoms. The maximum absolute atomic E-state index is 10.7. The second-order valence-corrected chi connectivity index (χ2v) is 3.78. The van der Waals surface area contributed by atoms with Gasteiger partial charge in [0.25, 0.3) is 0 Å². The smallest absolute Gasteiger partial charge is 0.331 e. The molecular weight excluding hydrogens is 164 g/mol. The van der Waals surface area contributed by atoms with Gasteiger partial charge >= 0.3 is 10.1 Å². The van der Waals surface area contributed by atoms with Crippen LogP contribution in [-0.4, -0.2) is 8.42 Å². The van der Waals surface area contributed by atoms with E-state index in [1.165, 1.54) is 0 Å². The van der Waals surface area contributed by atoms with Crippen molar-refractivity contribution in [2.45, 2.75) is 20.8 Å². The molecule has 11 heavy (non-hydrogen) atoms. The first-order chi connectivity index (χ1) is 4.89. The summed E-state index contributed by atoms with van der Waals surface area (Å²) in [5, 5.41) is 0.777. The molecule has 0 N–H and O–H groups in total. The molecule has 0 radical (unpaired) electrons. The summed E-state index contributed by atoms with van der Waals surface area (Å²) >= 11 is 0. The Morgan fingerprint density at radius 3 is 2.09 bits per heavy atom. The first-order valence-corrected chi connectivity index (χ1v) is 4.57. The molecular formula is C7H12O3S. The van der Waals surface area contributed by atoms with Crippen LogP contribution in [-0.2, 0) is 14.3 Å². The third-order valence-electron chi connectivity index (χ3n) is 1.15. The maximum Gasteiger partial charge on any atom is 0.331 e. The minimum absolute atomic E-state index is 0.393. The zero-order chi connectivity index (χ0) is 9.07. The first-order valence-electron chi connectivity index (χ1n) is 3.10. The summed E-state index contributed by atoms with van der Waals surface area (Å²) in [5.74, 6) is 0.393. The highest BCUT2D eigenvalue weighted by Crippen LogP contribution is 2.08. The van der Waals surface area contributed by atoms with E-state index in [2.05, 4.69) is 10.8 Å². The molecule has 0 fully saturated rings. The second kappa shape index (κ2) is 3.57. The summed E-state index contributed by atoms with van der Waals surface area (Å²) in [6, 6.07) is 0. The average Bonchev–Trinajstić information content (AvgIpc) is 1.87. The molecule has 0 spiro atoms. The van der Waals surface area contributed by atoms with Crippen LogP contribution < -0.4 is 0 Å². The Morgan fingerprint density at radius 1 is 1.36 bits per heavy atom. The van der Waals surface area contributed by atoms with E-state index in [1.54, 1.807) is 20.8 Å². The zero-order valence-corrected chi connectivity index (χ0v) is 7.73. The molecule has 64 valence electrons. The van der Waals surface area contributed by atoms with Gasteiger partial charge < -0.3 is 4.18 Å². The minimum atomic E-state index is -3.56. The molecule has 0 bridgehead atoms. The fraction of sp³-hybridized carbons (Fsp3) is 0.429. The van der Waals surface area contributed by atoms with Gasteiger partial charge in [0.2, 0.25) is 0 Å². The van der Waals surface area contributed by atoms with Gasteiger partial charge in [-0.25, -0.2) is 0 Å². The molecule has 0 aromatic rings. The molecule has 0 aliphatic rings. The SMILES string of the molecule is C=CS(=O)(=O)OC(C)=C(C)C. The van der Waals surface area contributed by atoms with Gasteiger partial charge in [-0.15, -0.1) is 0 Å². The Bertz CT molecular complexity index is 268. The Hall–Kier alpha value is -0.770. The highest BCUT2D eigenvalue weighted by molar-refractivity contribution is 7.89. The van der Waals surface area contributed by atoms with Gasteiger partial charge in [0.05, 0.1) is 5.41 Å². The molecule has 0 aromatic heterocycles. The zero-order valence-electron chi connectivity index (χ0n) is 6.92. The van der Waals surface area contributed by atoms with Crippen molar-refractivity contribution in [2.24, 2.45) is 0 Å². The van der Waals surface area contributed by atoms with E-state index < -0.39 is 10.1 Å². The van der Waals surface area contributed by atoms with Crippen molar-refractivity contribution in [3.63, 3.8) is 0 Å². The van der Waals surface area contributed by atoms with Gasteiger partial charge in [-0.1, -0.05) is 6.58 Å². The van der Waals surface area contributed by atoms with Crippen LogP contribution in [0.25, 0.3) is 0 Å². The van der Waals surface area contributed by atoms with Crippen LogP contribution in [0.3, 0.4) is 0 Å². The van der Waals surface area contributed by atoms with Crippen LogP contribution in [0.5, 0.6) is 0 Å². The minimum Gasteiger partial charge on any atom is -0.384 e. The fourth-order valence-corrected chi connectivity index (χ4v) is 0.875. The van der Waals surface area contributed by atoms with Crippen LogP contribution in [0.15, 0.2) is 23.3 Å². The second-order valence-electron chi connectivity index (χ2n) is 2.30. The summed E-state index contributed by atoms with van der Waals surface area (Å²) in [4.78, 5) is 0. The standard InChI is InChI=1S/C7H12O3S/c1-5-11(8,9)10-7(4)6(2)3/h5H,1H2,2-4H3. The lowest BCUT2D eigenvalue weighted by molar-refractivity contribution is 0.412. The van der Waals surface area contributed by atoms with Gasteiger partial charge in [0, 0.05) is 0 Å². The van der Waals surface area contributed by atoms with Crippen molar-refractivity contribution in [1.82, 2.24) is 0 Å². The molecule has 0 atom stereocenters. The highest BCUT2D eigenvalue weighted by Gasteiger charge is 2.05. The molecule has 0 aliphatic carbocycles. The van der Waals surface area contributed by atoms with E-state index in [-0.39, 0.29) is 0 Å². The third kappa shape index (κ3) is 3.83. The lowest BCUT2D eigenvalue weighted by Crippen LogP contribution is -2.00. The summed E-state index contributed by atoms with van der Waals surface area (Å²) in [6.45, 7) is 8.25. The normalized spacial score (nSPS) is 10.5. The van der Waals surface area contributed by atoms with Crippen molar-refractivity contribution in [3.8, 4) is 0 Å². The van der Waals surface area contributed by atoms with Crippen LogP contribution in [0.2, 0.25) is 0 Å². The molecule has 0 saturated carbocycles. The molecule has 0 saturated heterocycles. The Balaban J connectivity index is 4.54. The number of allylic oxidation sites excluding steroid dienone is 2. The number of hydrogen-bond donors (Lipinski definition) is 0. The summed E-state index contributed by atoms with van der Waals surface area (Å²) in [6.07, 6.45) is 0. The lowest BCUT2D eigenvalue weighted by Gasteiger charge is -2.03. The molecule has 0 aromatic carbocycles. The van der Waals surface area contributed by atoms with Crippen LogP contribution in [0, 0.1) is 0 Å². The molecule has 0 rings (SSSR count). The van der Waals surface area contributed by atoms with Crippen molar-refractivity contribution >= 4 is 10.1 Å². The fourth-order valence-electron chi connectivity index (χ4n) is 0.292. The molecule has 3 nitrogen and oxygen atoms in total. The largest absolute Gasteiger partial charge is 0.384 e. The monoisotopic (exact) mass is 176 g/mol. The van der Waals surface area contributed by atoms with E-state index in [1.807, 2.05) is 0 Å². The highest BCUT2D eigenvalue weighted by atomic mass is 32.2. The van der Waals surface area contributed by atoms with E-state index in [0.717, 1.165) is 11.0 Å². The predicted octanol–water partition coefficient (Wildman–Crippen LogP) is 1.79. The summed E-state index contributed by atoms with van der Waals surface area (Å²) < 4.78 is 26.1. The van der Waals surface area contributed by atoms with Crippen LogP contribution >= 0.6 is 0 Å². The van der Waals surface area contributed by atoms with Crippen LogP contribution in [0.4, 0.5) is 0 Å². The Labute approximate surface area is 67.5 Å². The van der Waals surface area contributed by atoms with Gasteiger partial charge in [-0.2, -0.15) is 8.42 Å². The quantitative estimate of drug-likeness (QED) is 0.486. The Kier molecular flexibility index (Phi) is 3.32. The van der Waals surface area contributed by atoms with Gasteiger partial charge in [0.1, 0.15) is 5.76 Å². The van der Waals surface area contributed by atoms with E-state index >= 15 is 0 Å². The topological polar surface area (TPSA) is 43.4 Å². The summed E-state index contributed by atoms with van der Waals surface area (Å²) in [7, 11) is -3.56. The summed E-state index contributed by atoms with van der Waals surface area (Å²) in [5.41, 5.74) is 0.829. The Morgan fingerprint density at radius 2 is 1.82 bits per heavy atom. The van der Waals surface area contributed by atoms with Crippen molar-refractivity contribution in [1.29, 1.82) is 0 Å². The van der Waals surface area contributed by atoms with Crippen LogP contribution in [0.1, 0.15) is 20.8 Å². The average molecular weight is 176 g/mol. The first kappa shape index (κ1) is 10.2. The van der Waals surface area contributed by atoms with Gasteiger partial charge in [0.15, 0.2) is 0 Å². The predicted molar refractivity (Wildman–Crippen MR) is 44.2 cm³/mol. The van der Waals surface area contributed by atoms with Crippen molar-refractivity contribution in [2.75, 3.05) is 0 Å². The molecule has 0 unspecified atom stereocenters. The van der Waals surface area contributed by atoms with Crippen molar-refractivity contribution < 1.29 is 12.6 Å². The lowest BCUT2D eigenvalue weighted by atomic mass is 10.3. The van der Waals surface area contributed by atoms with E-state index in [0.29, 0.717) is 5.76 Å². The maximum atomic E-state index is 10.7. The van der Waals surface area contributed by atoms with Gasteiger partial charge in [-0.3, -0.25) is 0 Å². The number of rotatable bonds is 3. The number of hydrogen-bond acceptors (Lipinski definition) is 3. The van der Waals surface area contributed by atoms with Crippen molar-refractivity contribution in [3.05, 3.63) is 23.3 Å². The van der Waals surface area contributed by atoms with E-state index in [9.17, 15) is 8.42 Å².